The molecule has 1 aliphatic rings. The summed E-state index contributed by atoms with van der Waals surface area (Å²) in [5.74, 6) is -0.0958. The van der Waals surface area contributed by atoms with E-state index in [-0.39, 0.29) is 0 Å². The molecule has 114 valence electrons. The van der Waals surface area contributed by atoms with Crippen molar-refractivity contribution in [2.75, 3.05) is 11.9 Å². The lowest BCUT2D eigenvalue weighted by molar-refractivity contribution is -0.131. The van der Waals surface area contributed by atoms with Crippen LogP contribution in [0.3, 0.4) is 0 Å². The van der Waals surface area contributed by atoms with E-state index in [9.17, 15) is 4.79 Å². The molecule has 2 rings (SSSR count). The number of benzene rings is 1. The van der Waals surface area contributed by atoms with Gasteiger partial charge in [-0.25, -0.2) is 4.79 Å². The van der Waals surface area contributed by atoms with Crippen LogP contribution in [0.5, 0.6) is 0 Å². The summed E-state index contributed by atoms with van der Waals surface area (Å²) in [7, 11) is 2.11. The molecular formula is C17H22BrNO2. The van der Waals surface area contributed by atoms with E-state index in [0.29, 0.717) is 6.04 Å². The van der Waals surface area contributed by atoms with Crippen molar-refractivity contribution in [2.24, 2.45) is 5.92 Å². The van der Waals surface area contributed by atoms with Crippen LogP contribution < -0.4 is 4.90 Å². The Bertz CT molecular complexity index is 534. The van der Waals surface area contributed by atoms with Gasteiger partial charge in [-0.3, -0.25) is 0 Å². The zero-order valence-electron chi connectivity index (χ0n) is 12.6. The second-order valence-corrected chi connectivity index (χ2v) is 6.81. The van der Waals surface area contributed by atoms with Crippen LogP contribution in [0.25, 0.3) is 6.08 Å². The molecule has 0 aromatic heterocycles. The van der Waals surface area contributed by atoms with E-state index in [1.54, 1.807) is 6.08 Å². The van der Waals surface area contributed by atoms with Crippen molar-refractivity contribution in [3.05, 3.63) is 34.3 Å². The predicted octanol–water partition coefficient (Wildman–Crippen LogP) is 4.56. The molecule has 0 aliphatic heterocycles. The third kappa shape index (κ3) is 4.34. The van der Waals surface area contributed by atoms with Crippen LogP contribution in [0.2, 0.25) is 0 Å². The Morgan fingerprint density at radius 3 is 2.62 bits per heavy atom. The lowest BCUT2D eigenvalue weighted by Crippen LogP contribution is -2.35. The SMILES string of the molecule is CC1CCC(N(C)c2cc(Br)ccc2C=CC(=O)O)CC1. The molecule has 0 atom stereocenters. The number of carboxylic acids is 1. The highest BCUT2D eigenvalue weighted by Gasteiger charge is 2.23. The maximum atomic E-state index is 10.7. The molecule has 0 amide bonds. The van der Waals surface area contributed by atoms with Crippen molar-refractivity contribution < 1.29 is 9.90 Å². The maximum absolute atomic E-state index is 10.7. The number of rotatable bonds is 4. The number of hydrogen-bond donors (Lipinski definition) is 1. The standard InChI is InChI=1S/C17H22BrNO2/c1-12-3-8-15(9-4-12)19(2)16-11-14(18)7-5-13(16)6-10-17(20)21/h5-7,10-12,15H,3-4,8-9H2,1-2H3,(H,20,21). The first kappa shape index (κ1) is 16.1. The summed E-state index contributed by atoms with van der Waals surface area (Å²) >= 11 is 3.51. The number of nitrogens with zero attached hydrogens (tertiary/aromatic N) is 1. The number of hydrogen-bond acceptors (Lipinski definition) is 2. The van der Waals surface area contributed by atoms with Gasteiger partial charge in [0, 0.05) is 29.3 Å². The average Bonchev–Trinajstić information content (AvgIpc) is 2.46. The van der Waals surface area contributed by atoms with Gasteiger partial charge in [-0.1, -0.05) is 28.9 Å². The van der Waals surface area contributed by atoms with Gasteiger partial charge >= 0.3 is 5.97 Å². The molecule has 0 spiro atoms. The number of carboxylic acid groups (broad SMARTS) is 1. The molecule has 1 aromatic carbocycles. The normalized spacial score (nSPS) is 22.4. The molecule has 1 aliphatic carbocycles. The van der Waals surface area contributed by atoms with Crippen LogP contribution in [0, 0.1) is 5.92 Å². The van der Waals surface area contributed by atoms with Gasteiger partial charge in [0.15, 0.2) is 0 Å². The van der Waals surface area contributed by atoms with Gasteiger partial charge in [-0.15, -0.1) is 0 Å². The smallest absolute Gasteiger partial charge is 0.328 e. The molecule has 0 bridgehead atoms. The quantitative estimate of drug-likeness (QED) is 0.808. The van der Waals surface area contributed by atoms with Gasteiger partial charge < -0.3 is 10.0 Å². The summed E-state index contributed by atoms with van der Waals surface area (Å²) in [6.45, 7) is 2.32. The molecule has 1 aromatic rings. The molecular weight excluding hydrogens is 330 g/mol. The van der Waals surface area contributed by atoms with Crippen LogP contribution in [-0.4, -0.2) is 24.2 Å². The third-order valence-corrected chi connectivity index (χ3v) is 4.80. The number of carbonyl (C=O) groups is 1. The van der Waals surface area contributed by atoms with E-state index >= 15 is 0 Å². The van der Waals surface area contributed by atoms with Crippen molar-refractivity contribution in [1.29, 1.82) is 0 Å². The summed E-state index contributed by atoms with van der Waals surface area (Å²) < 4.78 is 1.01. The zero-order valence-corrected chi connectivity index (χ0v) is 14.1. The van der Waals surface area contributed by atoms with Crippen molar-refractivity contribution in [3.8, 4) is 0 Å². The summed E-state index contributed by atoms with van der Waals surface area (Å²) in [6.07, 6.45) is 7.81. The minimum absolute atomic E-state index is 0.535. The number of halogens is 1. The van der Waals surface area contributed by atoms with E-state index in [2.05, 4.69) is 40.9 Å². The Hall–Kier alpha value is -1.29. The summed E-state index contributed by atoms with van der Waals surface area (Å²) in [4.78, 5) is 13.1. The fourth-order valence-corrected chi connectivity index (χ4v) is 3.30. The second kappa shape index (κ2) is 7.12. The van der Waals surface area contributed by atoms with Gasteiger partial charge in [0.1, 0.15) is 0 Å². The average molecular weight is 352 g/mol. The molecule has 21 heavy (non-hydrogen) atoms. The van der Waals surface area contributed by atoms with Crippen molar-refractivity contribution in [3.63, 3.8) is 0 Å². The molecule has 1 fully saturated rings. The highest BCUT2D eigenvalue weighted by molar-refractivity contribution is 9.10. The largest absolute Gasteiger partial charge is 0.478 e. The Labute approximate surface area is 134 Å². The maximum Gasteiger partial charge on any atom is 0.328 e. The molecule has 1 N–H and O–H groups in total. The van der Waals surface area contributed by atoms with E-state index < -0.39 is 5.97 Å². The van der Waals surface area contributed by atoms with E-state index in [0.717, 1.165) is 21.6 Å². The first-order valence-corrected chi connectivity index (χ1v) is 8.20. The first-order chi connectivity index (χ1) is 9.97. The van der Waals surface area contributed by atoms with Gasteiger partial charge in [0.2, 0.25) is 0 Å². The molecule has 0 saturated heterocycles. The first-order valence-electron chi connectivity index (χ1n) is 7.40. The van der Waals surface area contributed by atoms with Crippen molar-refractivity contribution in [1.82, 2.24) is 0 Å². The summed E-state index contributed by atoms with van der Waals surface area (Å²) in [5.41, 5.74) is 2.03. The summed E-state index contributed by atoms with van der Waals surface area (Å²) in [6, 6.07) is 6.51. The second-order valence-electron chi connectivity index (χ2n) is 5.90. The topological polar surface area (TPSA) is 40.5 Å². The van der Waals surface area contributed by atoms with Crippen molar-refractivity contribution in [2.45, 2.75) is 38.6 Å². The van der Waals surface area contributed by atoms with Crippen molar-refractivity contribution >= 4 is 33.7 Å². The Morgan fingerprint density at radius 1 is 1.33 bits per heavy atom. The van der Waals surface area contributed by atoms with Crippen LogP contribution in [0.15, 0.2) is 28.7 Å². The van der Waals surface area contributed by atoms with E-state index in [1.165, 1.54) is 31.8 Å². The van der Waals surface area contributed by atoms with Crippen LogP contribution >= 0.6 is 15.9 Å². The van der Waals surface area contributed by atoms with E-state index in [1.807, 2.05) is 12.1 Å². The number of anilines is 1. The van der Waals surface area contributed by atoms with Gasteiger partial charge in [-0.05, 0) is 55.4 Å². The monoisotopic (exact) mass is 351 g/mol. The van der Waals surface area contributed by atoms with Crippen LogP contribution in [-0.2, 0) is 4.79 Å². The Morgan fingerprint density at radius 2 is 2.00 bits per heavy atom. The van der Waals surface area contributed by atoms with Gasteiger partial charge in [0.05, 0.1) is 0 Å². The summed E-state index contributed by atoms with van der Waals surface area (Å²) in [5, 5.41) is 8.83. The molecule has 0 heterocycles. The minimum atomic E-state index is -0.919. The molecule has 3 nitrogen and oxygen atoms in total. The zero-order chi connectivity index (χ0) is 15.4. The fraction of sp³-hybridized carbons (Fsp3) is 0.471. The third-order valence-electron chi connectivity index (χ3n) is 4.31. The Balaban J connectivity index is 2.24. The number of aliphatic carboxylic acids is 1. The van der Waals surface area contributed by atoms with Crippen LogP contribution in [0.4, 0.5) is 5.69 Å². The lowest BCUT2D eigenvalue weighted by Gasteiger charge is -2.36. The molecule has 4 heteroatoms. The molecule has 0 unspecified atom stereocenters. The van der Waals surface area contributed by atoms with Gasteiger partial charge in [-0.2, -0.15) is 0 Å². The lowest BCUT2D eigenvalue weighted by atomic mass is 9.86. The van der Waals surface area contributed by atoms with Gasteiger partial charge in [0.25, 0.3) is 0 Å². The van der Waals surface area contributed by atoms with Crippen LogP contribution in [0.1, 0.15) is 38.2 Å². The molecule has 0 radical (unpaired) electrons. The minimum Gasteiger partial charge on any atom is -0.478 e. The van der Waals surface area contributed by atoms with E-state index in [4.69, 9.17) is 5.11 Å². The fourth-order valence-electron chi connectivity index (χ4n) is 2.95. The highest BCUT2D eigenvalue weighted by Crippen LogP contribution is 2.32. The highest BCUT2D eigenvalue weighted by atomic mass is 79.9. The predicted molar refractivity (Wildman–Crippen MR) is 90.6 cm³/mol. The molecule has 1 saturated carbocycles. The Kier molecular flexibility index (Phi) is 5.45.